The standard InChI is InChI=1S/C24H23BrFN3OS/c25-15-9-10-17(18(26)14-15)20-11-12-21(30-20)23-22(19-8-4-5-13-27-19)28-24(31)29(23)16-6-2-1-3-7-16/h4-5,8-14,16,22-23H,1-3,6-7H2,(H,28,31)/t22-,23-/m0/s1. The summed E-state index contributed by atoms with van der Waals surface area (Å²) < 4.78 is 21.5. The van der Waals surface area contributed by atoms with Gasteiger partial charge in [-0.05, 0) is 67.5 Å². The molecule has 7 heteroatoms. The van der Waals surface area contributed by atoms with Crippen molar-refractivity contribution in [1.29, 1.82) is 0 Å². The van der Waals surface area contributed by atoms with Crippen molar-refractivity contribution in [2.45, 2.75) is 50.2 Å². The van der Waals surface area contributed by atoms with Crippen molar-refractivity contribution in [3.63, 3.8) is 0 Å². The first kappa shape index (κ1) is 20.6. The van der Waals surface area contributed by atoms with Gasteiger partial charge in [0.2, 0.25) is 0 Å². The van der Waals surface area contributed by atoms with E-state index in [0.717, 1.165) is 29.4 Å². The van der Waals surface area contributed by atoms with E-state index >= 15 is 0 Å². The lowest BCUT2D eigenvalue weighted by Gasteiger charge is -2.36. The summed E-state index contributed by atoms with van der Waals surface area (Å²) in [5.74, 6) is 0.966. The van der Waals surface area contributed by atoms with Crippen LogP contribution in [0.2, 0.25) is 0 Å². The van der Waals surface area contributed by atoms with Crippen molar-refractivity contribution in [2.24, 2.45) is 0 Å². The summed E-state index contributed by atoms with van der Waals surface area (Å²) in [6, 6.07) is 14.8. The van der Waals surface area contributed by atoms with Crippen LogP contribution in [0.15, 0.2) is 63.6 Å². The number of thiocarbonyl (C=S) groups is 1. The van der Waals surface area contributed by atoms with Gasteiger partial charge in [0.05, 0.1) is 17.3 Å². The van der Waals surface area contributed by atoms with E-state index in [9.17, 15) is 4.39 Å². The molecule has 2 aliphatic rings. The quantitative estimate of drug-likeness (QED) is 0.412. The zero-order valence-corrected chi connectivity index (χ0v) is 19.3. The molecular weight excluding hydrogens is 477 g/mol. The third kappa shape index (κ3) is 4.01. The van der Waals surface area contributed by atoms with Crippen LogP contribution in [0.25, 0.3) is 11.3 Å². The summed E-state index contributed by atoms with van der Waals surface area (Å²) in [6.45, 7) is 0. The topological polar surface area (TPSA) is 41.3 Å². The molecule has 1 saturated heterocycles. The van der Waals surface area contributed by atoms with Crippen molar-refractivity contribution in [1.82, 2.24) is 15.2 Å². The van der Waals surface area contributed by atoms with Gasteiger partial charge in [-0.1, -0.05) is 41.3 Å². The molecule has 1 aromatic carbocycles. The van der Waals surface area contributed by atoms with Gasteiger partial charge in [0.25, 0.3) is 0 Å². The van der Waals surface area contributed by atoms with Gasteiger partial charge in [0, 0.05) is 16.7 Å². The third-order valence-electron chi connectivity index (χ3n) is 6.22. The Bertz CT molecular complexity index is 1080. The molecule has 4 nitrogen and oxygen atoms in total. The maximum atomic E-state index is 14.6. The van der Waals surface area contributed by atoms with E-state index < -0.39 is 0 Å². The molecule has 1 aliphatic carbocycles. The molecular formula is C24H23BrFN3OS. The molecule has 31 heavy (non-hydrogen) atoms. The number of aromatic nitrogens is 1. The van der Waals surface area contributed by atoms with Crippen LogP contribution in [0.5, 0.6) is 0 Å². The van der Waals surface area contributed by atoms with E-state index in [4.69, 9.17) is 16.6 Å². The van der Waals surface area contributed by atoms with Gasteiger partial charge in [-0.3, -0.25) is 4.98 Å². The summed E-state index contributed by atoms with van der Waals surface area (Å²) in [6.07, 6.45) is 7.71. The van der Waals surface area contributed by atoms with Crippen LogP contribution in [-0.4, -0.2) is 21.0 Å². The second kappa shape index (κ2) is 8.71. The van der Waals surface area contributed by atoms with Gasteiger partial charge in [-0.2, -0.15) is 0 Å². The van der Waals surface area contributed by atoms with Crippen LogP contribution in [0.1, 0.15) is 55.6 Å². The molecule has 0 amide bonds. The van der Waals surface area contributed by atoms with E-state index in [1.54, 1.807) is 12.3 Å². The van der Waals surface area contributed by atoms with Gasteiger partial charge in [-0.25, -0.2) is 4.39 Å². The van der Waals surface area contributed by atoms with Crippen LogP contribution in [0.3, 0.4) is 0 Å². The zero-order chi connectivity index (χ0) is 21.4. The number of furan rings is 1. The first-order valence-electron chi connectivity index (χ1n) is 10.7. The van der Waals surface area contributed by atoms with Crippen molar-refractivity contribution in [3.05, 3.63) is 76.5 Å². The molecule has 0 radical (unpaired) electrons. The minimum absolute atomic E-state index is 0.121. The van der Waals surface area contributed by atoms with E-state index in [1.807, 2.05) is 36.4 Å². The van der Waals surface area contributed by atoms with Crippen LogP contribution in [-0.2, 0) is 0 Å². The lowest BCUT2D eigenvalue weighted by molar-refractivity contribution is 0.179. The second-order valence-corrected chi connectivity index (χ2v) is 9.45. The highest BCUT2D eigenvalue weighted by atomic mass is 79.9. The predicted octanol–water partition coefficient (Wildman–Crippen LogP) is 6.55. The van der Waals surface area contributed by atoms with Crippen LogP contribution in [0, 0.1) is 5.82 Å². The molecule has 3 heterocycles. The molecule has 1 aliphatic heterocycles. The monoisotopic (exact) mass is 499 g/mol. The Balaban J connectivity index is 1.55. The Hall–Kier alpha value is -2.25. The van der Waals surface area contributed by atoms with Crippen LogP contribution >= 0.6 is 28.1 Å². The van der Waals surface area contributed by atoms with E-state index in [0.29, 0.717) is 21.8 Å². The number of hydrogen-bond donors (Lipinski definition) is 1. The summed E-state index contributed by atoms with van der Waals surface area (Å²) in [5.41, 5.74) is 1.36. The lowest BCUT2D eigenvalue weighted by atomic mass is 9.92. The fraction of sp³-hybridized carbons (Fsp3) is 0.333. The number of pyridine rings is 1. The Labute approximate surface area is 195 Å². The molecule has 2 aromatic heterocycles. The number of rotatable bonds is 4. The molecule has 2 atom stereocenters. The zero-order valence-electron chi connectivity index (χ0n) is 16.9. The SMILES string of the molecule is Fc1cc(Br)ccc1-c1ccc([C@H]2[C@H](c3ccccn3)NC(=S)N2C2CCCCC2)o1. The van der Waals surface area contributed by atoms with Crippen LogP contribution < -0.4 is 5.32 Å². The normalized spacial score (nSPS) is 22.0. The molecule has 2 fully saturated rings. The molecule has 0 bridgehead atoms. The average Bonchev–Trinajstić information content (AvgIpc) is 3.39. The minimum Gasteiger partial charge on any atom is -0.459 e. The molecule has 1 saturated carbocycles. The fourth-order valence-corrected chi connectivity index (χ4v) is 5.49. The van der Waals surface area contributed by atoms with Crippen LogP contribution in [0.4, 0.5) is 4.39 Å². The van der Waals surface area contributed by atoms with Crippen molar-refractivity contribution >= 4 is 33.3 Å². The molecule has 160 valence electrons. The average molecular weight is 500 g/mol. The van der Waals surface area contributed by atoms with Crippen molar-refractivity contribution < 1.29 is 8.81 Å². The highest BCUT2D eigenvalue weighted by Crippen LogP contribution is 2.43. The van der Waals surface area contributed by atoms with Crippen molar-refractivity contribution in [3.8, 4) is 11.3 Å². The first-order valence-corrected chi connectivity index (χ1v) is 11.9. The number of hydrogen-bond acceptors (Lipinski definition) is 3. The summed E-state index contributed by atoms with van der Waals surface area (Å²) in [5, 5.41) is 4.23. The van der Waals surface area contributed by atoms with Crippen molar-refractivity contribution in [2.75, 3.05) is 0 Å². The lowest BCUT2D eigenvalue weighted by Crippen LogP contribution is -2.40. The summed E-state index contributed by atoms with van der Waals surface area (Å²) >= 11 is 9.10. The second-order valence-electron chi connectivity index (χ2n) is 8.15. The van der Waals surface area contributed by atoms with Gasteiger partial charge in [0.15, 0.2) is 5.11 Å². The first-order chi connectivity index (χ1) is 15.1. The maximum Gasteiger partial charge on any atom is 0.170 e. The van der Waals surface area contributed by atoms with E-state index in [1.165, 1.54) is 25.3 Å². The van der Waals surface area contributed by atoms with Gasteiger partial charge >= 0.3 is 0 Å². The maximum absolute atomic E-state index is 14.6. The van der Waals surface area contributed by atoms with E-state index in [2.05, 4.69) is 31.1 Å². The van der Waals surface area contributed by atoms with Gasteiger partial charge < -0.3 is 14.6 Å². The molecule has 0 spiro atoms. The molecule has 0 unspecified atom stereocenters. The Morgan fingerprint density at radius 1 is 1.10 bits per heavy atom. The largest absolute Gasteiger partial charge is 0.459 e. The Kier molecular flexibility index (Phi) is 5.80. The Morgan fingerprint density at radius 2 is 1.94 bits per heavy atom. The molecule has 3 aromatic rings. The van der Waals surface area contributed by atoms with Gasteiger partial charge in [0.1, 0.15) is 23.4 Å². The summed E-state index contributed by atoms with van der Waals surface area (Å²) in [4.78, 5) is 6.88. The highest BCUT2D eigenvalue weighted by molar-refractivity contribution is 9.10. The van der Waals surface area contributed by atoms with Gasteiger partial charge in [-0.15, -0.1) is 0 Å². The number of halogens is 2. The molecule has 1 N–H and O–H groups in total. The number of benzene rings is 1. The Morgan fingerprint density at radius 3 is 2.68 bits per heavy atom. The predicted molar refractivity (Wildman–Crippen MR) is 126 cm³/mol. The number of nitrogens with zero attached hydrogens (tertiary/aromatic N) is 2. The van der Waals surface area contributed by atoms with E-state index in [-0.39, 0.29) is 17.9 Å². The minimum atomic E-state index is -0.319. The summed E-state index contributed by atoms with van der Waals surface area (Å²) in [7, 11) is 0. The smallest absolute Gasteiger partial charge is 0.170 e. The number of nitrogens with one attached hydrogen (secondary N) is 1. The highest BCUT2D eigenvalue weighted by Gasteiger charge is 2.44. The third-order valence-corrected chi connectivity index (χ3v) is 7.04. The molecule has 5 rings (SSSR count). The fourth-order valence-electron chi connectivity index (χ4n) is 4.77.